The van der Waals surface area contributed by atoms with Crippen LogP contribution in [0.15, 0.2) is 24.3 Å². The summed E-state index contributed by atoms with van der Waals surface area (Å²) in [4.78, 5) is 13.8. The first kappa shape index (κ1) is 15.0. The Balaban J connectivity index is 2.22. The van der Waals surface area contributed by atoms with Gasteiger partial charge in [-0.2, -0.15) is 0 Å². The van der Waals surface area contributed by atoms with E-state index >= 15 is 0 Å². The van der Waals surface area contributed by atoms with Crippen LogP contribution >= 0.6 is 0 Å². The zero-order valence-electron chi connectivity index (χ0n) is 12.5. The fourth-order valence-electron chi connectivity index (χ4n) is 3.20. The third-order valence-corrected chi connectivity index (χ3v) is 4.40. The van der Waals surface area contributed by atoms with E-state index in [0.29, 0.717) is 12.5 Å². The molecule has 1 heterocycles. The first-order valence-corrected chi connectivity index (χ1v) is 7.72. The van der Waals surface area contributed by atoms with Gasteiger partial charge in [0.1, 0.15) is 6.04 Å². The molecule has 0 amide bonds. The van der Waals surface area contributed by atoms with Crippen molar-refractivity contribution in [2.75, 3.05) is 0 Å². The van der Waals surface area contributed by atoms with Gasteiger partial charge in [-0.05, 0) is 30.4 Å². The molecular formula is C17H25NO2. The molecule has 0 radical (unpaired) electrons. The lowest BCUT2D eigenvalue weighted by Crippen LogP contribution is -2.50. The lowest BCUT2D eigenvalue weighted by Gasteiger charge is -2.39. The van der Waals surface area contributed by atoms with Crippen molar-refractivity contribution in [3.63, 3.8) is 0 Å². The van der Waals surface area contributed by atoms with Crippen LogP contribution in [-0.2, 0) is 17.8 Å². The van der Waals surface area contributed by atoms with E-state index in [1.807, 2.05) is 12.1 Å². The van der Waals surface area contributed by atoms with Gasteiger partial charge in [-0.1, -0.05) is 51.0 Å². The van der Waals surface area contributed by atoms with Crippen LogP contribution in [0.4, 0.5) is 0 Å². The molecule has 20 heavy (non-hydrogen) atoms. The van der Waals surface area contributed by atoms with Crippen molar-refractivity contribution in [2.24, 2.45) is 0 Å². The third-order valence-electron chi connectivity index (χ3n) is 4.40. The standard InChI is InChI=1S/C17H25NO2/c1-3-5-10-15(4-2)18-12-14-9-7-6-8-13(14)11-16(18)17(19)20/h6-9,15-16H,3-5,10-12H2,1-2H3,(H,19,20). The molecule has 1 N–H and O–H groups in total. The van der Waals surface area contributed by atoms with Crippen LogP contribution in [0.2, 0.25) is 0 Å². The number of hydrogen-bond acceptors (Lipinski definition) is 2. The number of rotatable bonds is 6. The summed E-state index contributed by atoms with van der Waals surface area (Å²) >= 11 is 0. The second-order valence-corrected chi connectivity index (χ2v) is 5.70. The van der Waals surface area contributed by atoms with Gasteiger partial charge >= 0.3 is 5.97 Å². The van der Waals surface area contributed by atoms with E-state index in [9.17, 15) is 9.90 Å². The second kappa shape index (κ2) is 6.89. The Hall–Kier alpha value is -1.35. The average molecular weight is 275 g/mol. The van der Waals surface area contributed by atoms with Crippen molar-refractivity contribution in [1.82, 2.24) is 4.90 Å². The number of carbonyl (C=O) groups is 1. The third kappa shape index (κ3) is 3.21. The Kier molecular flexibility index (Phi) is 5.18. The monoisotopic (exact) mass is 275 g/mol. The molecule has 0 bridgehead atoms. The molecular weight excluding hydrogens is 250 g/mol. The maximum Gasteiger partial charge on any atom is 0.321 e. The Bertz CT molecular complexity index is 458. The highest BCUT2D eigenvalue weighted by Crippen LogP contribution is 2.28. The topological polar surface area (TPSA) is 40.5 Å². The Morgan fingerprint density at radius 3 is 2.65 bits per heavy atom. The summed E-state index contributed by atoms with van der Waals surface area (Å²) in [5, 5.41) is 9.56. The van der Waals surface area contributed by atoms with E-state index in [-0.39, 0.29) is 6.04 Å². The molecule has 0 aliphatic carbocycles. The summed E-state index contributed by atoms with van der Waals surface area (Å²) in [6, 6.07) is 8.26. The van der Waals surface area contributed by atoms with Crippen molar-refractivity contribution in [3.8, 4) is 0 Å². The number of fused-ring (bicyclic) bond motifs is 1. The Morgan fingerprint density at radius 1 is 1.35 bits per heavy atom. The maximum absolute atomic E-state index is 11.6. The van der Waals surface area contributed by atoms with Crippen LogP contribution in [-0.4, -0.2) is 28.1 Å². The van der Waals surface area contributed by atoms with Gasteiger partial charge in [0.2, 0.25) is 0 Å². The van der Waals surface area contributed by atoms with Crippen molar-refractivity contribution < 1.29 is 9.90 Å². The first-order chi connectivity index (χ1) is 9.67. The van der Waals surface area contributed by atoms with E-state index in [4.69, 9.17) is 0 Å². The molecule has 110 valence electrons. The SMILES string of the molecule is CCCCC(CC)N1Cc2ccccc2CC1C(=O)O. The summed E-state index contributed by atoms with van der Waals surface area (Å²) in [5.74, 6) is -0.686. The largest absolute Gasteiger partial charge is 0.480 e. The summed E-state index contributed by atoms with van der Waals surface area (Å²) in [6.07, 6.45) is 5.08. The molecule has 0 saturated heterocycles. The second-order valence-electron chi connectivity index (χ2n) is 5.70. The predicted octanol–water partition coefficient (Wildman–Crippen LogP) is 3.47. The number of benzene rings is 1. The zero-order chi connectivity index (χ0) is 14.5. The Morgan fingerprint density at radius 2 is 2.05 bits per heavy atom. The molecule has 1 aromatic carbocycles. The van der Waals surface area contributed by atoms with Crippen LogP contribution in [0.25, 0.3) is 0 Å². The van der Waals surface area contributed by atoms with Crippen LogP contribution in [0.5, 0.6) is 0 Å². The van der Waals surface area contributed by atoms with Crippen LogP contribution in [0, 0.1) is 0 Å². The number of carboxylic acid groups (broad SMARTS) is 1. The highest BCUT2D eigenvalue weighted by atomic mass is 16.4. The van der Waals surface area contributed by atoms with Crippen LogP contribution < -0.4 is 0 Å². The molecule has 0 fully saturated rings. The minimum absolute atomic E-state index is 0.369. The van der Waals surface area contributed by atoms with Crippen LogP contribution in [0.1, 0.15) is 50.7 Å². The molecule has 0 saturated carbocycles. The maximum atomic E-state index is 11.6. The quantitative estimate of drug-likeness (QED) is 0.864. The average Bonchev–Trinajstić information content (AvgIpc) is 2.47. The van der Waals surface area contributed by atoms with Crippen molar-refractivity contribution in [1.29, 1.82) is 0 Å². The van der Waals surface area contributed by atoms with Crippen molar-refractivity contribution in [2.45, 2.75) is 64.6 Å². The van der Waals surface area contributed by atoms with Gasteiger partial charge < -0.3 is 5.11 Å². The van der Waals surface area contributed by atoms with Crippen molar-refractivity contribution >= 4 is 5.97 Å². The highest BCUT2D eigenvalue weighted by Gasteiger charge is 2.34. The van der Waals surface area contributed by atoms with Gasteiger partial charge in [-0.3, -0.25) is 9.69 Å². The van der Waals surface area contributed by atoms with Crippen LogP contribution in [0.3, 0.4) is 0 Å². The van der Waals surface area contributed by atoms with Gasteiger partial charge in [0, 0.05) is 12.6 Å². The molecule has 2 atom stereocenters. The normalized spacial score (nSPS) is 20.4. The van der Waals surface area contributed by atoms with E-state index in [2.05, 4.69) is 30.9 Å². The highest BCUT2D eigenvalue weighted by molar-refractivity contribution is 5.74. The summed E-state index contributed by atoms with van der Waals surface area (Å²) in [7, 11) is 0. The number of carboxylic acids is 1. The van der Waals surface area contributed by atoms with Gasteiger partial charge in [-0.25, -0.2) is 0 Å². The van der Waals surface area contributed by atoms with E-state index in [1.54, 1.807) is 0 Å². The minimum Gasteiger partial charge on any atom is -0.480 e. The van der Waals surface area contributed by atoms with Gasteiger partial charge in [0.05, 0.1) is 0 Å². The zero-order valence-corrected chi connectivity index (χ0v) is 12.5. The summed E-state index contributed by atoms with van der Waals surface area (Å²) < 4.78 is 0. The lowest BCUT2D eigenvalue weighted by atomic mass is 9.91. The fraction of sp³-hybridized carbons (Fsp3) is 0.588. The number of hydrogen-bond donors (Lipinski definition) is 1. The molecule has 3 heteroatoms. The predicted molar refractivity (Wildman–Crippen MR) is 80.7 cm³/mol. The molecule has 1 aromatic rings. The molecule has 1 aliphatic rings. The summed E-state index contributed by atoms with van der Waals surface area (Å²) in [6.45, 7) is 5.13. The molecule has 3 nitrogen and oxygen atoms in total. The number of nitrogens with zero attached hydrogens (tertiary/aromatic N) is 1. The molecule has 2 unspecified atom stereocenters. The van der Waals surface area contributed by atoms with Gasteiger partial charge in [-0.15, -0.1) is 0 Å². The van der Waals surface area contributed by atoms with Crippen molar-refractivity contribution in [3.05, 3.63) is 35.4 Å². The minimum atomic E-state index is -0.686. The van der Waals surface area contributed by atoms with Gasteiger partial charge in [0.15, 0.2) is 0 Å². The Labute approximate surface area is 121 Å². The summed E-state index contributed by atoms with van der Waals surface area (Å²) in [5.41, 5.74) is 2.49. The molecule has 0 aromatic heterocycles. The lowest BCUT2D eigenvalue weighted by molar-refractivity contribution is -0.145. The molecule has 0 spiro atoms. The molecule has 1 aliphatic heterocycles. The van der Waals surface area contributed by atoms with E-state index in [0.717, 1.165) is 19.4 Å². The number of unbranched alkanes of at least 4 members (excludes halogenated alkanes) is 1. The van der Waals surface area contributed by atoms with E-state index in [1.165, 1.54) is 24.0 Å². The first-order valence-electron chi connectivity index (χ1n) is 7.72. The van der Waals surface area contributed by atoms with E-state index < -0.39 is 5.97 Å². The fourth-order valence-corrected chi connectivity index (χ4v) is 3.20. The number of aliphatic carboxylic acids is 1. The molecule has 2 rings (SSSR count). The van der Waals surface area contributed by atoms with Gasteiger partial charge in [0.25, 0.3) is 0 Å². The smallest absolute Gasteiger partial charge is 0.321 e.